The van der Waals surface area contributed by atoms with E-state index in [9.17, 15) is 9.90 Å². The van der Waals surface area contributed by atoms with Gasteiger partial charge in [0.05, 0.1) is 0 Å². The Kier molecular flexibility index (Phi) is 4.16. The van der Waals surface area contributed by atoms with Crippen molar-refractivity contribution in [1.29, 1.82) is 0 Å². The lowest BCUT2D eigenvalue weighted by molar-refractivity contribution is -0.176. The molecule has 0 aliphatic rings. The molecular weight excluding hydrogens is 200 g/mol. The van der Waals surface area contributed by atoms with Crippen LogP contribution in [0.4, 0.5) is 4.79 Å². The number of rotatable bonds is 3. The fraction of sp³-hybridized carbons (Fsp3) is 0.700. The van der Waals surface area contributed by atoms with Crippen molar-refractivity contribution in [2.24, 2.45) is 0 Å². The Balaban J connectivity index is 4.04. The summed E-state index contributed by atoms with van der Waals surface area (Å²) in [7, 11) is 0. The third kappa shape index (κ3) is 9.08. The summed E-state index contributed by atoms with van der Waals surface area (Å²) in [6.07, 6.45) is -0.920. The molecular formula is C10H18O5. The molecule has 5 nitrogen and oxygen atoms in total. The third-order valence-corrected chi connectivity index (χ3v) is 0.950. The molecule has 0 aromatic carbocycles. The molecule has 0 unspecified atom stereocenters. The van der Waals surface area contributed by atoms with Gasteiger partial charge in [0.1, 0.15) is 5.60 Å². The Morgan fingerprint density at radius 3 is 1.93 bits per heavy atom. The molecule has 1 N–H and O–H groups in total. The van der Waals surface area contributed by atoms with Crippen molar-refractivity contribution in [1.82, 2.24) is 0 Å². The molecule has 5 heteroatoms. The van der Waals surface area contributed by atoms with E-state index in [-0.39, 0.29) is 5.95 Å². The minimum Gasteiger partial charge on any atom is -0.434 e. The van der Waals surface area contributed by atoms with E-state index in [2.05, 4.69) is 11.3 Å². The Labute approximate surface area is 89.6 Å². The highest BCUT2D eigenvalue weighted by molar-refractivity contribution is 5.61. The Morgan fingerprint density at radius 2 is 1.60 bits per heavy atom. The highest BCUT2D eigenvalue weighted by atomic mass is 16.8. The highest BCUT2D eigenvalue weighted by Crippen LogP contribution is 2.13. The normalized spacial score (nSPS) is 11.9. The van der Waals surface area contributed by atoms with Crippen molar-refractivity contribution in [2.45, 2.75) is 46.0 Å². The van der Waals surface area contributed by atoms with Gasteiger partial charge in [-0.15, -0.1) is 0 Å². The van der Waals surface area contributed by atoms with E-state index in [1.807, 2.05) is 0 Å². The van der Waals surface area contributed by atoms with Crippen LogP contribution < -0.4 is 0 Å². The van der Waals surface area contributed by atoms with E-state index < -0.39 is 17.5 Å². The van der Waals surface area contributed by atoms with Crippen LogP contribution >= 0.6 is 0 Å². The van der Waals surface area contributed by atoms with Crippen molar-refractivity contribution in [3.63, 3.8) is 0 Å². The van der Waals surface area contributed by atoms with Crippen LogP contribution in [0, 0.1) is 0 Å². The van der Waals surface area contributed by atoms with Gasteiger partial charge < -0.3 is 19.3 Å². The first-order chi connectivity index (χ1) is 6.49. The lowest BCUT2D eigenvalue weighted by Crippen LogP contribution is -2.27. The third-order valence-electron chi connectivity index (χ3n) is 0.950. The summed E-state index contributed by atoms with van der Waals surface area (Å²) in [6, 6.07) is 0. The van der Waals surface area contributed by atoms with Crippen LogP contribution in [0.1, 0.15) is 34.6 Å². The molecule has 0 aliphatic heterocycles. The maximum Gasteiger partial charge on any atom is 0.516 e. The second-order valence-electron chi connectivity index (χ2n) is 4.49. The zero-order valence-corrected chi connectivity index (χ0v) is 9.79. The molecule has 0 heterocycles. The molecule has 0 rings (SSSR count). The summed E-state index contributed by atoms with van der Waals surface area (Å²) in [5, 5.41) is 9.22. The lowest BCUT2D eigenvalue weighted by Gasteiger charge is -2.22. The van der Waals surface area contributed by atoms with Gasteiger partial charge in [-0.2, -0.15) is 0 Å². The predicted octanol–water partition coefficient (Wildman–Crippen LogP) is 2.15. The summed E-state index contributed by atoms with van der Waals surface area (Å²) in [5.41, 5.74) is -0.647. The Bertz CT molecular complexity index is 218. The van der Waals surface area contributed by atoms with Gasteiger partial charge in [-0.25, -0.2) is 4.79 Å². The average molecular weight is 218 g/mol. The second-order valence-corrected chi connectivity index (χ2v) is 4.49. The van der Waals surface area contributed by atoms with Crippen molar-refractivity contribution >= 4 is 6.16 Å². The van der Waals surface area contributed by atoms with Crippen LogP contribution in [0.2, 0.25) is 0 Å². The Hall–Kier alpha value is -1.23. The summed E-state index contributed by atoms with van der Waals surface area (Å²) in [5.74, 6) is -1.75. The molecule has 15 heavy (non-hydrogen) atoms. The van der Waals surface area contributed by atoms with Crippen LogP contribution in [0.3, 0.4) is 0 Å². The standard InChI is InChI=1S/C10H18O5/c1-7(14-10(5,6)12)13-8(11)15-9(2,3)4/h12H,1H2,2-6H3. The summed E-state index contributed by atoms with van der Waals surface area (Å²) in [4.78, 5) is 11.1. The zero-order valence-electron chi connectivity index (χ0n) is 9.79. The molecule has 0 aromatic heterocycles. The topological polar surface area (TPSA) is 65.0 Å². The van der Waals surface area contributed by atoms with E-state index in [1.54, 1.807) is 20.8 Å². The van der Waals surface area contributed by atoms with E-state index in [0.29, 0.717) is 0 Å². The zero-order chi connectivity index (χ0) is 12.3. The molecule has 0 aromatic rings. The first-order valence-electron chi connectivity index (χ1n) is 4.51. The maximum atomic E-state index is 11.1. The summed E-state index contributed by atoms with van der Waals surface area (Å²) in [6.45, 7) is 11.2. The van der Waals surface area contributed by atoms with Crippen molar-refractivity contribution in [2.75, 3.05) is 0 Å². The molecule has 0 fully saturated rings. The molecule has 0 saturated carbocycles. The maximum absolute atomic E-state index is 11.1. The number of aliphatic hydroxyl groups is 1. The van der Waals surface area contributed by atoms with E-state index >= 15 is 0 Å². The molecule has 0 bridgehead atoms. The number of carbonyl (C=O) groups excluding carboxylic acids is 1. The minimum atomic E-state index is -1.45. The predicted molar refractivity (Wildman–Crippen MR) is 53.8 cm³/mol. The van der Waals surface area contributed by atoms with E-state index in [0.717, 1.165) is 0 Å². The first kappa shape index (κ1) is 13.8. The fourth-order valence-electron chi connectivity index (χ4n) is 0.663. The molecule has 0 atom stereocenters. The fourth-order valence-corrected chi connectivity index (χ4v) is 0.663. The van der Waals surface area contributed by atoms with E-state index in [4.69, 9.17) is 9.47 Å². The van der Waals surface area contributed by atoms with Crippen molar-refractivity contribution < 1.29 is 24.1 Å². The van der Waals surface area contributed by atoms with Crippen molar-refractivity contribution in [3.05, 3.63) is 12.5 Å². The SMILES string of the molecule is C=C(OC(=O)OC(C)(C)C)OC(C)(C)O. The average Bonchev–Trinajstić information content (AvgIpc) is 1.73. The van der Waals surface area contributed by atoms with Crippen molar-refractivity contribution in [3.8, 4) is 0 Å². The number of carbonyl (C=O) groups is 1. The van der Waals surface area contributed by atoms with Crippen LogP contribution in [-0.4, -0.2) is 22.7 Å². The Morgan fingerprint density at radius 1 is 1.13 bits per heavy atom. The van der Waals surface area contributed by atoms with Crippen LogP contribution in [0.25, 0.3) is 0 Å². The quantitative estimate of drug-likeness (QED) is 0.446. The lowest BCUT2D eigenvalue weighted by atomic mass is 10.2. The van der Waals surface area contributed by atoms with Crippen LogP contribution in [-0.2, 0) is 14.2 Å². The largest absolute Gasteiger partial charge is 0.516 e. The van der Waals surface area contributed by atoms with Gasteiger partial charge in [0.2, 0.25) is 5.79 Å². The van der Waals surface area contributed by atoms with Gasteiger partial charge in [-0.1, -0.05) is 0 Å². The summed E-state index contributed by atoms with van der Waals surface area (Å²) < 4.78 is 14.2. The molecule has 0 radical (unpaired) electrons. The van der Waals surface area contributed by atoms with Gasteiger partial charge in [-0.3, -0.25) is 0 Å². The number of ether oxygens (including phenoxy) is 3. The molecule has 0 aliphatic carbocycles. The monoisotopic (exact) mass is 218 g/mol. The number of hydrogen-bond acceptors (Lipinski definition) is 5. The van der Waals surface area contributed by atoms with Gasteiger partial charge in [0.25, 0.3) is 5.95 Å². The number of hydrogen-bond donors (Lipinski definition) is 1. The van der Waals surface area contributed by atoms with Crippen LogP contribution in [0.15, 0.2) is 12.5 Å². The van der Waals surface area contributed by atoms with Gasteiger partial charge >= 0.3 is 6.16 Å². The van der Waals surface area contributed by atoms with Gasteiger partial charge in [-0.05, 0) is 27.4 Å². The highest BCUT2D eigenvalue weighted by Gasteiger charge is 2.21. The molecule has 0 saturated heterocycles. The molecule has 0 amide bonds. The van der Waals surface area contributed by atoms with Crippen LogP contribution in [0.5, 0.6) is 0 Å². The second kappa shape index (κ2) is 4.53. The van der Waals surface area contributed by atoms with Gasteiger partial charge in [0.15, 0.2) is 0 Å². The summed E-state index contributed by atoms with van der Waals surface area (Å²) >= 11 is 0. The molecule has 88 valence electrons. The molecule has 0 spiro atoms. The minimum absolute atomic E-state index is 0.309. The van der Waals surface area contributed by atoms with E-state index in [1.165, 1.54) is 13.8 Å². The first-order valence-corrected chi connectivity index (χ1v) is 4.51. The van der Waals surface area contributed by atoms with Gasteiger partial charge in [0, 0.05) is 13.8 Å². The smallest absolute Gasteiger partial charge is 0.434 e.